The van der Waals surface area contributed by atoms with Gasteiger partial charge in [0.05, 0.1) is 23.0 Å². The van der Waals surface area contributed by atoms with E-state index < -0.39 is 45.2 Å². The lowest BCUT2D eigenvalue weighted by Gasteiger charge is -2.51. The van der Waals surface area contributed by atoms with Crippen molar-refractivity contribution in [3.05, 3.63) is 76.9 Å². The fraction of sp³-hybridized carbons (Fsp3) is 0.355. The van der Waals surface area contributed by atoms with Gasteiger partial charge in [-0.15, -0.1) is 23.2 Å². The molecule has 2 aliphatic carbocycles. The number of anilines is 1. The number of allylic oxidation sites excluding steroid dienone is 2. The maximum atomic E-state index is 14.1. The molecule has 3 fully saturated rings. The zero-order chi connectivity index (χ0) is 29.6. The minimum absolute atomic E-state index is 0.0755. The van der Waals surface area contributed by atoms with Gasteiger partial charge in [-0.1, -0.05) is 64.5 Å². The summed E-state index contributed by atoms with van der Waals surface area (Å²) in [6, 6.07) is 10.5. The molecule has 2 saturated heterocycles. The van der Waals surface area contributed by atoms with E-state index in [0.717, 1.165) is 10.5 Å². The summed E-state index contributed by atoms with van der Waals surface area (Å²) in [5.41, 5.74) is 3.70. The van der Waals surface area contributed by atoms with Crippen molar-refractivity contribution in [2.24, 2.45) is 17.8 Å². The number of rotatable bonds is 4. The standard InChI is InChI=1S/C31H27BrCl2N2O5/c1-4-17-5-7-19(8-6-17)36-26(38)21-10-9-20-22(23(21)27(36)39)13-30(33)28(40)35(14-32)29(41)31(30,34)24(20)18-11-15(2)25(37)16(3)12-18/h4-9,11-12,21-24,37H,1,10,13-14H2,2-3H3. The number of aromatic hydroxyl groups is 1. The predicted octanol–water partition coefficient (Wildman–Crippen LogP) is 5.57. The molecule has 212 valence electrons. The third-order valence-corrected chi connectivity index (χ3v) is 11.2. The minimum atomic E-state index is -1.88. The molecule has 2 aliphatic heterocycles. The quantitative estimate of drug-likeness (QED) is 0.201. The van der Waals surface area contributed by atoms with E-state index in [1.807, 2.05) is 6.08 Å². The number of amides is 4. The number of alkyl halides is 3. The Balaban J connectivity index is 1.52. The Bertz CT molecular complexity index is 1570. The van der Waals surface area contributed by atoms with Crippen molar-refractivity contribution in [2.75, 3.05) is 10.4 Å². The average Bonchev–Trinajstić information content (AvgIpc) is 3.29. The van der Waals surface area contributed by atoms with Crippen LogP contribution in [0.15, 0.2) is 54.6 Å². The number of phenols is 1. The number of fused-ring (bicyclic) bond motifs is 4. The largest absolute Gasteiger partial charge is 0.507 e. The second kappa shape index (κ2) is 9.54. The molecule has 1 N–H and O–H groups in total. The molecule has 6 rings (SSSR count). The molecule has 2 aromatic carbocycles. The molecule has 4 amide bonds. The fourth-order valence-corrected chi connectivity index (χ4v) is 8.72. The van der Waals surface area contributed by atoms with Crippen molar-refractivity contribution < 1.29 is 24.3 Å². The van der Waals surface area contributed by atoms with E-state index in [-0.39, 0.29) is 35.9 Å². The molecule has 0 bridgehead atoms. The minimum Gasteiger partial charge on any atom is -0.507 e. The van der Waals surface area contributed by atoms with Crippen molar-refractivity contribution in [2.45, 2.75) is 42.4 Å². The van der Waals surface area contributed by atoms with Gasteiger partial charge in [0.1, 0.15) is 5.75 Å². The number of likely N-dealkylation sites (tertiary alicyclic amines) is 1. The molecule has 41 heavy (non-hydrogen) atoms. The van der Waals surface area contributed by atoms with Crippen molar-refractivity contribution in [1.29, 1.82) is 0 Å². The summed E-state index contributed by atoms with van der Waals surface area (Å²) in [5, 5.41) is 10.5. The molecule has 2 heterocycles. The second-order valence-corrected chi connectivity index (χ2v) is 13.0. The van der Waals surface area contributed by atoms with Crippen LogP contribution in [-0.2, 0) is 19.2 Å². The van der Waals surface area contributed by atoms with Crippen molar-refractivity contribution in [1.82, 2.24) is 4.90 Å². The molecule has 6 unspecified atom stereocenters. The molecule has 7 nitrogen and oxygen atoms in total. The SMILES string of the molecule is C=Cc1ccc(N2C(=O)C3CC=C4C(CC5(Cl)C(=O)N(CBr)C(=O)C5(Cl)C4c4cc(C)c(O)c(C)c4)C3C2=O)cc1. The lowest BCUT2D eigenvalue weighted by Crippen LogP contribution is -2.60. The van der Waals surface area contributed by atoms with Crippen LogP contribution in [0.4, 0.5) is 5.69 Å². The smallest absolute Gasteiger partial charge is 0.254 e. The number of hydrogen-bond acceptors (Lipinski definition) is 5. The summed E-state index contributed by atoms with van der Waals surface area (Å²) in [5.74, 6) is -4.71. The molecular formula is C31H27BrCl2N2O5. The van der Waals surface area contributed by atoms with Crippen LogP contribution in [0, 0.1) is 31.6 Å². The van der Waals surface area contributed by atoms with Crippen LogP contribution in [0.3, 0.4) is 0 Å². The van der Waals surface area contributed by atoms with Gasteiger partial charge < -0.3 is 5.11 Å². The van der Waals surface area contributed by atoms with Gasteiger partial charge in [0.25, 0.3) is 11.8 Å². The lowest BCUT2D eigenvalue weighted by molar-refractivity contribution is -0.138. The number of carbonyl (C=O) groups excluding carboxylic acids is 4. The van der Waals surface area contributed by atoms with Gasteiger partial charge in [0, 0.05) is 5.92 Å². The van der Waals surface area contributed by atoms with Crippen molar-refractivity contribution in [3.8, 4) is 5.75 Å². The number of nitrogens with zero attached hydrogens (tertiary/aromatic N) is 2. The summed E-state index contributed by atoms with van der Waals surface area (Å²) in [4.78, 5) is 53.9. The van der Waals surface area contributed by atoms with E-state index >= 15 is 0 Å². The average molecular weight is 658 g/mol. The summed E-state index contributed by atoms with van der Waals surface area (Å²) in [6.45, 7) is 7.24. The number of phenolic OH excluding ortho intramolecular Hbond substituents is 1. The molecule has 1 saturated carbocycles. The second-order valence-electron chi connectivity index (χ2n) is 11.3. The highest BCUT2D eigenvalue weighted by atomic mass is 79.9. The predicted molar refractivity (Wildman–Crippen MR) is 160 cm³/mol. The Morgan fingerprint density at radius 1 is 1.02 bits per heavy atom. The van der Waals surface area contributed by atoms with E-state index in [0.29, 0.717) is 28.0 Å². The van der Waals surface area contributed by atoms with Gasteiger partial charge >= 0.3 is 0 Å². The number of hydrogen-bond donors (Lipinski definition) is 1. The maximum absolute atomic E-state index is 14.1. The Hall–Kier alpha value is -2.94. The fourth-order valence-electron chi connectivity index (χ4n) is 7.30. The van der Waals surface area contributed by atoms with E-state index in [2.05, 4.69) is 22.5 Å². The van der Waals surface area contributed by atoms with Crippen LogP contribution in [0.2, 0.25) is 0 Å². The first kappa shape index (κ1) is 28.2. The van der Waals surface area contributed by atoms with E-state index in [1.54, 1.807) is 56.3 Å². The monoisotopic (exact) mass is 656 g/mol. The molecule has 0 radical (unpaired) electrons. The summed E-state index contributed by atoms with van der Waals surface area (Å²) in [7, 11) is 0. The van der Waals surface area contributed by atoms with Crippen molar-refractivity contribution in [3.63, 3.8) is 0 Å². The zero-order valence-corrected chi connectivity index (χ0v) is 25.5. The number of aryl methyl sites for hydroxylation is 2. The van der Waals surface area contributed by atoms with Crippen LogP contribution in [0.25, 0.3) is 6.08 Å². The van der Waals surface area contributed by atoms with Crippen LogP contribution in [0.1, 0.15) is 41.0 Å². The molecular weight excluding hydrogens is 631 g/mol. The number of carbonyl (C=O) groups is 4. The third kappa shape index (κ3) is 3.63. The Kier molecular flexibility index (Phi) is 6.56. The maximum Gasteiger partial charge on any atom is 0.254 e. The topological polar surface area (TPSA) is 95.0 Å². The molecule has 0 spiro atoms. The molecule has 10 heteroatoms. The van der Waals surface area contributed by atoms with Crippen LogP contribution >= 0.6 is 39.1 Å². The lowest BCUT2D eigenvalue weighted by atomic mass is 9.56. The Labute approximate surface area is 255 Å². The van der Waals surface area contributed by atoms with Crippen molar-refractivity contribution >= 4 is 74.5 Å². The van der Waals surface area contributed by atoms with Gasteiger partial charge in [-0.2, -0.15) is 0 Å². The highest BCUT2D eigenvalue weighted by Crippen LogP contribution is 2.65. The Morgan fingerprint density at radius 2 is 1.66 bits per heavy atom. The van der Waals surface area contributed by atoms with Crippen LogP contribution in [0.5, 0.6) is 5.75 Å². The summed E-state index contributed by atoms with van der Waals surface area (Å²) < 4.78 is 0. The van der Waals surface area contributed by atoms with Gasteiger partial charge in [-0.3, -0.25) is 29.0 Å². The molecule has 0 aromatic heterocycles. The van der Waals surface area contributed by atoms with E-state index in [4.69, 9.17) is 23.2 Å². The van der Waals surface area contributed by atoms with Gasteiger partial charge in [0.15, 0.2) is 9.75 Å². The molecule has 6 atom stereocenters. The van der Waals surface area contributed by atoms with Gasteiger partial charge in [-0.25, -0.2) is 0 Å². The number of imide groups is 2. The summed E-state index contributed by atoms with van der Waals surface area (Å²) >= 11 is 17.8. The third-order valence-electron chi connectivity index (χ3n) is 9.25. The highest BCUT2D eigenvalue weighted by Gasteiger charge is 2.76. The van der Waals surface area contributed by atoms with Gasteiger partial charge in [0.2, 0.25) is 11.8 Å². The van der Waals surface area contributed by atoms with Crippen LogP contribution in [-0.4, -0.2) is 48.8 Å². The number of benzene rings is 2. The first-order valence-electron chi connectivity index (χ1n) is 13.3. The van der Waals surface area contributed by atoms with E-state index in [9.17, 15) is 24.3 Å². The highest BCUT2D eigenvalue weighted by molar-refractivity contribution is 9.09. The normalized spacial score (nSPS) is 32.6. The zero-order valence-electron chi connectivity index (χ0n) is 22.4. The first-order chi connectivity index (χ1) is 19.4. The molecule has 2 aromatic rings. The van der Waals surface area contributed by atoms with Crippen LogP contribution < -0.4 is 4.90 Å². The Morgan fingerprint density at radius 3 is 2.24 bits per heavy atom. The van der Waals surface area contributed by atoms with Gasteiger partial charge in [-0.05, 0) is 67.0 Å². The van der Waals surface area contributed by atoms with E-state index in [1.165, 1.54) is 4.90 Å². The summed E-state index contributed by atoms with van der Waals surface area (Å²) in [6.07, 6.45) is 3.78. The first-order valence-corrected chi connectivity index (χ1v) is 15.2. The molecule has 4 aliphatic rings. The number of halogens is 3.